The Hall–Kier alpha value is -1.80. The molecule has 15 nitrogen and oxygen atoms in total. The summed E-state index contributed by atoms with van der Waals surface area (Å²) in [5.74, 6) is -1.00. The van der Waals surface area contributed by atoms with Gasteiger partial charge in [0.1, 0.15) is 6.61 Å². The average molecular weight is 657 g/mol. The van der Waals surface area contributed by atoms with Crippen molar-refractivity contribution in [2.24, 2.45) is 0 Å². The van der Waals surface area contributed by atoms with Crippen LogP contribution < -0.4 is 0 Å². The van der Waals surface area contributed by atoms with Crippen molar-refractivity contribution in [1.29, 1.82) is 0 Å². The second kappa shape index (κ2) is 29.9. The molecule has 44 heavy (non-hydrogen) atoms. The zero-order valence-electron chi connectivity index (χ0n) is 25.3. The third-order valence-corrected chi connectivity index (χ3v) is 6.40. The van der Waals surface area contributed by atoms with Crippen molar-refractivity contribution in [1.82, 2.24) is 0 Å². The fourth-order valence-electron chi connectivity index (χ4n) is 3.00. The number of carboxylic acid groups (broad SMARTS) is 1. The van der Waals surface area contributed by atoms with Crippen LogP contribution in [-0.4, -0.2) is 158 Å². The van der Waals surface area contributed by atoms with Gasteiger partial charge in [-0.1, -0.05) is 18.2 Å². The van der Waals surface area contributed by atoms with Gasteiger partial charge in [0.25, 0.3) is 10.1 Å². The molecule has 1 rings (SSSR count). The SMILES string of the molecule is O=C(O)COCCOCCOCCOCCOCCOCCOCCOCCOCCOCCOS(=O)(=O)c1ccccc1. The number of aliphatic carboxylic acids is 1. The highest BCUT2D eigenvalue weighted by molar-refractivity contribution is 7.86. The van der Waals surface area contributed by atoms with Crippen LogP contribution in [0.5, 0.6) is 0 Å². The van der Waals surface area contributed by atoms with Crippen LogP contribution >= 0.6 is 0 Å². The van der Waals surface area contributed by atoms with Gasteiger partial charge >= 0.3 is 5.97 Å². The number of carboxylic acids is 1. The number of hydrogen-bond acceptors (Lipinski definition) is 14. The Labute approximate surface area is 259 Å². The smallest absolute Gasteiger partial charge is 0.329 e. The number of benzene rings is 1. The van der Waals surface area contributed by atoms with Gasteiger partial charge in [0.15, 0.2) is 0 Å². The summed E-state index contributed by atoms with van der Waals surface area (Å²) < 4.78 is 82.1. The maximum absolute atomic E-state index is 11.9. The van der Waals surface area contributed by atoms with E-state index in [1.54, 1.807) is 18.2 Å². The van der Waals surface area contributed by atoms with Gasteiger partial charge in [0, 0.05) is 0 Å². The van der Waals surface area contributed by atoms with Crippen molar-refractivity contribution < 1.29 is 69.9 Å². The molecule has 0 radical (unpaired) electrons. The summed E-state index contributed by atoms with van der Waals surface area (Å²) in [7, 11) is -3.76. The molecule has 1 aromatic rings. The third kappa shape index (κ3) is 26.6. The van der Waals surface area contributed by atoms with Crippen LogP contribution in [0.4, 0.5) is 0 Å². The second-order valence-electron chi connectivity index (χ2n) is 8.55. The van der Waals surface area contributed by atoms with Gasteiger partial charge < -0.3 is 52.5 Å². The molecule has 16 heteroatoms. The summed E-state index contributed by atoms with van der Waals surface area (Å²) in [5.41, 5.74) is 0. The van der Waals surface area contributed by atoms with E-state index < -0.39 is 16.1 Å². The maximum atomic E-state index is 11.9. The first-order valence-corrected chi connectivity index (χ1v) is 15.9. The van der Waals surface area contributed by atoms with Crippen LogP contribution in [0.1, 0.15) is 0 Å². The van der Waals surface area contributed by atoms with Gasteiger partial charge in [0.05, 0.1) is 137 Å². The largest absolute Gasteiger partial charge is 0.480 e. The van der Waals surface area contributed by atoms with E-state index >= 15 is 0 Å². The van der Waals surface area contributed by atoms with Crippen molar-refractivity contribution in [3.8, 4) is 0 Å². The molecule has 0 spiro atoms. The standard InChI is InChI=1S/C28H48O15S/c29-28(30)26-42-23-22-40-19-18-38-15-14-36-11-10-34-7-6-33-8-9-35-12-13-37-16-17-39-20-21-41-24-25-43-44(31,32)27-4-2-1-3-5-27/h1-5H,6-26H2,(H,29,30). The number of rotatable bonds is 34. The average Bonchev–Trinajstić information content (AvgIpc) is 3.02. The van der Waals surface area contributed by atoms with Gasteiger partial charge in [-0.15, -0.1) is 0 Å². The third-order valence-electron chi connectivity index (χ3n) is 5.07. The summed E-state index contributed by atoms with van der Waals surface area (Å²) in [6.45, 7) is 7.22. The molecule has 0 amide bonds. The Kier molecular flexibility index (Phi) is 27.3. The van der Waals surface area contributed by atoms with Crippen molar-refractivity contribution in [2.45, 2.75) is 4.90 Å². The van der Waals surface area contributed by atoms with Crippen LogP contribution in [0.3, 0.4) is 0 Å². The predicted molar refractivity (Wildman–Crippen MR) is 155 cm³/mol. The fourth-order valence-corrected chi connectivity index (χ4v) is 3.91. The van der Waals surface area contributed by atoms with Crippen LogP contribution in [0.15, 0.2) is 35.2 Å². The number of hydrogen-bond donors (Lipinski definition) is 1. The monoisotopic (exact) mass is 656 g/mol. The summed E-state index contributed by atoms with van der Waals surface area (Å²) in [6, 6.07) is 7.95. The molecule has 0 aromatic heterocycles. The molecule has 0 aliphatic heterocycles. The van der Waals surface area contributed by atoms with Crippen LogP contribution in [0.25, 0.3) is 0 Å². The summed E-state index contributed by atoms with van der Waals surface area (Å²) >= 11 is 0. The zero-order chi connectivity index (χ0) is 31.8. The number of carbonyl (C=O) groups is 1. The van der Waals surface area contributed by atoms with E-state index in [-0.39, 0.29) is 31.3 Å². The minimum atomic E-state index is -3.76. The van der Waals surface area contributed by atoms with E-state index in [1.807, 2.05) is 0 Å². The van der Waals surface area contributed by atoms with Crippen molar-refractivity contribution >= 4 is 16.1 Å². The first-order valence-electron chi connectivity index (χ1n) is 14.5. The summed E-state index contributed by atoms with van der Waals surface area (Å²) in [4.78, 5) is 10.4. The second-order valence-corrected chi connectivity index (χ2v) is 10.2. The Bertz CT molecular complexity index is 873. The molecule has 0 saturated carbocycles. The Morgan fingerprint density at radius 2 is 0.727 bits per heavy atom. The molecule has 1 N–H and O–H groups in total. The van der Waals surface area contributed by atoms with E-state index in [1.165, 1.54) is 12.1 Å². The summed E-state index contributed by atoms with van der Waals surface area (Å²) in [5, 5.41) is 8.41. The van der Waals surface area contributed by atoms with Crippen LogP contribution in [0.2, 0.25) is 0 Å². The first-order chi connectivity index (χ1) is 21.5. The van der Waals surface area contributed by atoms with E-state index in [2.05, 4.69) is 0 Å². The zero-order valence-corrected chi connectivity index (χ0v) is 26.1. The van der Waals surface area contributed by atoms with Crippen molar-refractivity contribution in [2.75, 3.05) is 139 Å². The molecular weight excluding hydrogens is 608 g/mol. The fraction of sp³-hybridized carbons (Fsp3) is 0.750. The molecule has 1 aromatic carbocycles. The van der Waals surface area contributed by atoms with Crippen LogP contribution in [-0.2, 0) is 66.5 Å². The van der Waals surface area contributed by atoms with Gasteiger partial charge in [-0.3, -0.25) is 4.18 Å². The topological polar surface area (TPSA) is 173 Å². The van der Waals surface area contributed by atoms with Crippen LogP contribution in [0, 0.1) is 0 Å². The molecule has 0 saturated heterocycles. The molecule has 0 atom stereocenters. The lowest BCUT2D eigenvalue weighted by Crippen LogP contribution is -2.16. The molecule has 0 fully saturated rings. The number of ether oxygens (including phenoxy) is 10. The molecule has 0 unspecified atom stereocenters. The minimum Gasteiger partial charge on any atom is -0.480 e. The van der Waals surface area contributed by atoms with Gasteiger partial charge in [0.2, 0.25) is 0 Å². The normalized spacial score (nSPS) is 11.7. The molecule has 256 valence electrons. The highest BCUT2D eigenvalue weighted by Gasteiger charge is 2.13. The molecule has 0 heterocycles. The lowest BCUT2D eigenvalue weighted by atomic mass is 10.4. The minimum absolute atomic E-state index is 0.0648. The Morgan fingerprint density at radius 3 is 1.02 bits per heavy atom. The van der Waals surface area contributed by atoms with E-state index in [4.69, 9.17) is 56.7 Å². The lowest BCUT2D eigenvalue weighted by Gasteiger charge is -2.09. The van der Waals surface area contributed by atoms with E-state index in [0.717, 1.165) is 0 Å². The maximum Gasteiger partial charge on any atom is 0.329 e. The van der Waals surface area contributed by atoms with Gasteiger partial charge in [-0.05, 0) is 12.1 Å². The highest BCUT2D eigenvalue weighted by Crippen LogP contribution is 2.10. The van der Waals surface area contributed by atoms with E-state index in [0.29, 0.717) is 112 Å². The molecular formula is C28H48O15S. The van der Waals surface area contributed by atoms with Crippen molar-refractivity contribution in [3.05, 3.63) is 30.3 Å². The van der Waals surface area contributed by atoms with Crippen molar-refractivity contribution in [3.63, 3.8) is 0 Å². The Balaban J connectivity index is 1.67. The molecule has 0 aliphatic carbocycles. The molecule has 0 aliphatic rings. The van der Waals surface area contributed by atoms with Gasteiger partial charge in [-0.25, -0.2) is 4.79 Å². The lowest BCUT2D eigenvalue weighted by molar-refractivity contribution is -0.142. The molecule has 0 bridgehead atoms. The highest BCUT2D eigenvalue weighted by atomic mass is 32.2. The Morgan fingerprint density at radius 1 is 0.455 bits per heavy atom. The quantitative estimate of drug-likeness (QED) is 0.0808. The first kappa shape index (κ1) is 40.2. The van der Waals surface area contributed by atoms with Gasteiger partial charge in [-0.2, -0.15) is 8.42 Å². The summed E-state index contributed by atoms with van der Waals surface area (Å²) in [6.07, 6.45) is 0. The van der Waals surface area contributed by atoms with E-state index in [9.17, 15) is 13.2 Å². The predicted octanol–water partition coefficient (Wildman–Crippen LogP) is 0.643.